The van der Waals surface area contributed by atoms with Crippen LogP contribution >= 0.6 is 24.0 Å². The van der Waals surface area contributed by atoms with E-state index in [1.807, 2.05) is 30.3 Å². The average Bonchev–Trinajstić information content (AvgIpc) is 3.11. The molecule has 1 aliphatic heterocycles. The van der Waals surface area contributed by atoms with Gasteiger partial charge in [0.2, 0.25) is 0 Å². The molecule has 176 valence electrons. The standard InChI is InChI=1S/C24H24N4O4S2/c1-31-13-5-11-25-21-18(22(29)27-12-4-3-6-20(27)26-21)14-19-23(30)28(24(33)34-19)15-16-7-9-17(32-2)10-8-16/h3-4,6-10,12,14,25H,5,11,13,15H2,1-2H3. The Kier molecular flexibility index (Phi) is 7.61. The topological polar surface area (TPSA) is 85.2 Å². The lowest BCUT2D eigenvalue weighted by Gasteiger charge is -2.14. The maximum absolute atomic E-state index is 13.3. The van der Waals surface area contributed by atoms with Gasteiger partial charge in [-0.1, -0.05) is 42.2 Å². The Balaban J connectivity index is 1.65. The molecule has 4 rings (SSSR count). The Morgan fingerprint density at radius 3 is 2.68 bits per heavy atom. The van der Waals surface area contributed by atoms with Gasteiger partial charge in [0.05, 0.1) is 24.1 Å². The van der Waals surface area contributed by atoms with Crippen molar-refractivity contribution in [1.29, 1.82) is 0 Å². The molecule has 2 aromatic heterocycles. The molecule has 0 unspecified atom stereocenters. The molecule has 1 amide bonds. The maximum atomic E-state index is 13.3. The Hall–Kier alpha value is -3.21. The molecule has 3 aromatic rings. The number of pyridine rings is 1. The predicted octanol–water partition coefficient (Wildman–Crippen LogP) is 3.55. The molecule has 34 heavy (non-hydrogen) atoms. The summed E-state index contributed by atoms with van der Waals surface area (Å²) in [5.74, 6) is 0.922. The average molecular weight is 497 g/mol. The zero-order chi connectivity index (χ0) is 24.1. The summed E-state index contributed by atoms with van der Waals surface area (Å²) in [5, 5.41) is 3.22. The molecule has 10 heteroatoms. The van der Waals surface area contributed by atoms with Crippen molar-refractivity contribution >= 4 is 51.7 Å². The molecule has 1 aromatic carbocycles. The van der Waals surface area contributed by atoms with E-state index in [4.69, 9.17) is 21.7 Å². The molecule has 1 saturated heterocycles. The van der Waals surface area contributed by atoms with E-state index in [9.17, 15) is 9.59 Å². The molecule has 0 radical (unpaired) electrons. The fourth-order valence-electron chi connectivity index (χ4n) is 3.47. The van der Waals surface area contributed by atoms with E-state index in [1.165, 1.54) is 21.1 Å². The third-order valence-electron chi connectivity index (χ3n) is 5.24. The van der Waals surface area contributed by atoms with E-state index >= 15 is 0 Å². The summed E-state index contributed by atoms with van der Waals surface area (Å²) in [4.78, 5) is 33.0. The van der Waals surface area contributed by atoms with Crippen LogP contribution in [0, 0.1) is 0 Å². The molecule has 3 heterocycles. The highest BCUT2D eigenvalue weighted by atomic mass is 32.2. The van der Waals surface area contributed by atoms with Crippen LogP contribution in [0.2, 0.25) is 0 Å². The van der Waals surface area contributed by atoms with Crippen molar-refractivity contribution in [3.8, 4) is 5.75 Å². The van der Waals surface area contributed by atoms with Crippen LogP contribution in [-0.4, -0.2) is 51.9 Å². The summed E-state index contributed by atoms with van der Waals surface area (Å²) in [6.45, 7) is 1.49. The quantitative estimate of drug-likeness (QED) is 0.274. The van der Waals surface area contributed by atoms with Crippen LogP contribution < -0.4 is 15.6 Å². The summed E-state index contributed by atoms with van der Waals surface area (Å²) in [6, 6.07) is 12.8. The van der Waals surface area contributed by atoms with Gasteiger partial charge in [0.15, 0.2) is 0 Å². The molecule has 0 saturated carbocycles. The number of anilines is 1. The number of hydrogen-bond donors (Lipinski definition) is 1. The molecule has 0 spiro atoms. The van der Waals surface area contributed by atoms with Crippen molar-refractivity contribution in [2.75, 3.05) is 32.7 Å². The Bertz CT molecular complexity index is 1300. The zero-order valence-corrected chi connectivity index (χ0v) is 20.4. The molecular weight excluding hydrogens is 472 g/mol. The fraction of sp³-hybridized carbons (Fsp3) is 0.250. The largest absolute Gasteiger partial charge is 0.497 e. The van der Waals surface area contributed by atoms with Crippen LogP contribution in [-0.2, 0) is 16.1 Å². The minimum absolute atomic E-state index is 0.242. The summed E-state index contributed by atoms with van der Waals surface area (Å²) in [7, 11) is 3.24. The number of carbonyl (C=O) groups is 1. The van der Waals surface area contributed by atoms with Crippen molar-refractivity contribution < 1.29 is 14.3 Å². The summed E-state index contributed by atoms with van der Waals surface area (Å²) < 4.78 is 12.2. The number of rotatable bonds is 9. The minimum Gasteiger partial charge on any atom is -0.497 e. The normalized spacial score (nSPS) is 14.9. The number of thioether (sulfide) groups is 1. The van der Waals surface area contributed by atoms with Crippen molar-refractivity contribution in [3.05, 3.63) is 75.0 Å². The van der Waals surface area contributed by atoms with Crippen LogP contribution in [0.5, 0.6) is 5.75 Å². The molecular formula is C24H24N4O4S2. The lowest BCUT2D eigenvalue weighted by molar-refractivity contribution is -0.122. The summed E-state index contributed by atoms with van der Waals surface area (Å²) in [5.41, 5.74) is 1.49. The van der Waals surface area contributed by atoms with Gasteiger partial charge in [-0.15, -0.1) is 0 Å². The van der Waals surface area contributed by atoms with Gasteiger partial charge in [-0.25, -0.2) is 4.98 Å². The Morgan fingerprint density at radius 1 is 1.15 bits per heavy atom. The number of methoxy groups -OCH3 is 2. The van der Waals surface area contributed by atoms with Gasteiger partial charge < -0.3 is 14.8 Å². The van der Waals surface area contributed by atoms with E-state index in [0.29, 0.717) is 46.0 Å². The van der Waals surface area contributed by atoms with E-state index in [0.717, 1.165) is 17.7 Å². The molecule has 1 fully saturated rings. The van der Waals surface area contributed by atoms with Crippen LogP contribution in [0.4, 0.5) is 5.82 Å². The zero-order valence-electron chi connectivity index (χ0n) is 18.8. The number of thiocarbonyl (C=S) groups is 1. The Labute approximate surface area is 206 Å². The Morgan fingerprint density at radius 2 is 1.94 bits per heavy atom. The lowest BCUT2D eigenvalue weighted by atomic mass is 10.2. The number of amides is 1. The summed E-state index contributed by atoms with van der Waals surface area (Å²) >= 11 is 6.65. The molecule has 0 bridgehead atoms. The minimum atomic E-state index is -0.264. The SMILES string of the molecule is COCCCNc1nc2ccccn2c(=O)c1C=C1SC(=S)N(Cc2ccc(OC)cc2)C1=O. The lowest BCUT2D eigenvalue weighted by Crippen LogP contribution is -2.27. The first-order valence-electron chi connectivity index (χ1n) is 10.6. The number of ether oxygens (including phenoxy) is 2. The van der Waals surface area contributed by atoms with E-state index in [1.54, 1.807) is 38.6 Å². The van der Waals surface area contributed by atoms with Crippen molar-refractivity contribution in [2.24, 2.45) is 0 Å². The third kappa shape index (κ3) is 5.14. The van der Waals surface area contributed by atoms with Gasteiger partial charge in [-0.2, -0.15) is 0 Å². The van der Waals surface area contributed by atoms with Gasteiger partial charge in [0.25, 0.3) is 11.5 Å². The first-order valence-corrected chi connectivity index (χ1v) is 11.9. The first kappa shape index (κ1) is 23.9. The van der Waals surface area contributed by atoms with Gasteiger partial charge in [0, 0.05) is 26.5 Å². The summed E-state index contributed by atoms with van der Waals surface area (Å²) in [6.07, 6.45) is 3.99. The van der Waals surface area contributed by atoms with E-state index < -0.39 is 0 Å². The van der Waals surface area contributed by atoms with Crippen LogP contribution in [0.25, 0.3) is 11.7 Å². The smallest absolute Gasteiger partial charge is 0.267 e. The highest BCUT2D eigenvalue weighted by molar-refractivity contribution is 8.26. The molecule has 8 nitrogen and oxygen atoms in total. The maximum Gasteiger partial charge on any atom is 0.267 e. The highest BCUT2D eigenvalue weighted by Gasteiger charge is 2.32. The number of carbonyl (C=O) groups excluding carboxylic acids is 1. The predicted molar refractivity (Wildman–Crippen MR) is 138 cm³/mol. The van der Waals surface area contributed by atoms with Gasteiger partial charge in [-0.05, 0) is 42.3 Å². The second-order valence-electron chi connectivity index (χ2n) is 7.50. The second-order valence-corrected chi connectivity index (χ2v) is 9.17. The number of nitrogens with zero attached hydrogens (tertiary/aromatic N) is 3. The number of nitrogens with one attached hydrogen (secondary N) is 1. The third-order valence-corrected chi connectivity index (χ3v) is 6.61. The van der Waals surface area contributed by atoms with Gasteiger partial charge >= 0.3 is 0 Å². The molecule has 0 atom stereocenters. The molecule has 0 aliphatic carbocycles. The number of fused-ring (bicyclic) bond motifs is 1. The number of aromatic nitrogens is 2. The van der Waals surface area contributed by atoms with Gasteiger partial charge in [0.1, 0.15) is 21.5 Å². The number of hydrogen-bond acceptors (Lipinski definition) is 8. The second kappa shape index (κ2) is 10.8. The molecule has 1 N–H and O–H groups in total. The monoisotopic (exact) mass is 496 g/mol. The van der Waals surface area contributed by atoms with Crippen molar-refractivity contribution in [1.82, 2.24) is 14.3 Å². The number of benzene rings is 1. The van der Waals surface area contributed by atoms with Crippen molar-refractivity contribution in [2.45, 2.75) is 13.0 Å². The van der Waals surface area contributed by atoms with Crippen LogP contribution in [0.1, 0.15) is 17.5 Å². The van der Waals surface area contributed by atoms with Crippen LogP contribution in [0.3, 0.4) is 0 Å². The molecule has 1 aliphatic rings. The van der Waals surface area contributed by atoms with Gasteiger partial charge in [-0.3, -0.25) is 18.9 Å². The highest BCUT2D eigenvalue weighted by Crippen LogP contribution is 2.34. The van der Waals surface area contributed by atoms with Crippen molar-refractivity contribution in [3.63, 3.8) is 0 Å². The first-order chi connectivity index (χ1) is 16.5. The van der Waals surface area contributed by atoms with Crippen LogP contribution in [0.15, 0.2) is 58.4 Å². The van der Waals surface area contributed by atoms with E-state index in [2.05, 4.69) is 10.3 Å². The van der Waals surface area contributed by atoms with E-state index in [-0.39, 0.29) is 11.5 Å². The fourth-order valence-corrected chi connectivity index (χ4v) is 4.71.